The summed E-state index contributed by atoms with van der Waals surface area (Å²) in [5.74, 6) is -0.675. The first-order valence-electron chi connectivity index (χ1n) is 6.22. The van der Waals surface area contributed by atoms with Gasteiger partial charge in [0.2, 0.25) is 0 Å². The van der Waals surface area contributed by atoms with Crippen molar-refractivity contribution in [2.24, 2.45) is 0 Å². The molecule has 2 aromatic rings. The van der Waals surface area contributed by atoms with E-state index in [1.54, 1.807) is 25.1 Å². The number of alkyl halides is 3. The van der Waals surface area contributed by atoms with Crippen LogP contribution in [0.25, 0.3) is 0 Å². The molecule has 0 saturated carbocycles. The first kappa shape index (κ1) is 15.2. The zero-order valence-corrected chi connectivity index (χ0v) is 11.1. The van der Waals surface area contributed by atoms with Crippen molar-refractivity contribution in [2.45, 2.75) is 19.3 Å². The van der Waals surface area contributed by atoms with Crippen LogP contribution in [0.2, 0.25) is 0 Å². The molecule has 6 heteroatoms. The monoisotopic (exact) mass is 299 g/mol. The molecule has 0 amide bonds. The number of hydrogen-bond donors (Lipinski definition) is 1. The van der Waals surface area contributed by atoms with Crippen molar-refractivity contribution in [3.8, 4) is 5.75 Å². The van der Waals surface area contributed by atoms with Gasteiger partial charge in [0.05, 0.1) is 5.69 Å². The number of ether oxygens (including phenoxy) is 1. The Balaban J connectivity index is 2.06. The second-order valence-electron chi connectivity index (χ2n) is 4.46. The van der Waals surface area contributed by atoms with Crippen LogP contribution in [0.4, 0.5) is 23.2 Å². The number of halogens is 4. The Morgan fingerprint density at radius 2 is 1.62 bits per heavy atom. The maximum atomic E-state index is 13.5. The van der Waals surface area contributed by atoms with Crippen LogP contribution in [0.15, 0.2) is 48.5 Å². The summed E-state index contributed by atoms with van der Waals surface area (Å²) < 4.78 is 53.5. The van der Waals surface area contributed by atoms with Crippen LogP contribution in [0, 0.1) is 5.82 Å². The highest BCUT2D eigenvalue weighted by Gasteiger charge is 2.31. The summed E-state index contributed by atoms with van der Waals surface area (Å²) in [6, 6.07) is 11.4. The molecule has 0 aliphatic rings. The van der Waals surface area contributed by atoms with Gasteiger partial charge in [-0.05, 0) is 36.8 Å². The van der Waals surface area contributed by atoms with Crippen molar-refractivity contribution in [1.82, 2.24) is 0 Å². The SMILES string of the molecule is CC(Nc1ccccc1F)c1ccc(OC(F)(F)F)cc1. The maximum absolute atomic E-state index is 13.5. The molecule has 2 nitrogen and oxygen atoms in total. The lowest BCUT2D eigenvalue weighted by atomic mass is 10.1. The van der Waals surface area contributed by atoms with Crippen LogP contribution < -0.4 is 10.1 Å². The van der Waals surface area contributed by atoms with Gasteiger partial charge in [-0.3, -0.25) is 0 Å². The molecule has 0 saturated heterocycles. The maximum Gasteiger partial charge on any atom is 0.573 e. The molecule has 21 heavy (non-hydrogen) atoms. The minimum absolute atomic E-state index is 0.262. The van der Waals surface area contributed by atoms with Crippen LogP contribution in [-0.4, -0.2) is 6.36 Å². The number of hydrogen-bond acceptors (Lipinski definition) is 2. The summed E-state index contributed by atoms with van der Waals surface area (Å²) in [5, 5.41) is 2.96. The van der Waals surface area contributed by atoms with Gasteiger partial charge >= 0.3 is 6.36 Å². The topological polar surface area (TPSA) is 21.3 Å². The van der Waals surface area contributed by atoms with Gasteiger partial charge in [-0.1, -0.05) is 24.3 Å². The predicted octanol–water partition coefficient (Wildman–Crippen LogP) is 4.90. The first-order chi connectivity index (χ1) is 9.85. The van der Waals surface area contributed by atoms with E-state index >= 15 is 0 Å². The van der Waals surface area contributed by atoms with E-state index < -0.39 is 6.36 Å². The average Bonchev–Trinajstić information content (AvgIpc) is 2.40. The Labute approximate surface area is 119 Å². The molecule has 2 aromatic carbocycles. The lowest BCUT2D eigenvalue weighted by Gasteiger charge is -2.17. The van der Waals surface area contributed by atoms with E-state index in [9.17, 15) is 17.6 Å². The minimum Gasteiger partial charge on any atom is -0.406 e. The van der Waals surface area contributed by atoms with Crippen molar-refractivity contribution in [1.29, 1.82) is 0 Å². The molecular formula is C15H13F4NO. The summed E-state index contributed by atoms with van der Waals surface area (Å²) in [5.41, 5.74) is 1.05. The minimum atomic E-state index is -4.71. The predicted molar refractivity (Wildman–Crippen MR) is 71.6 cm³/mol. The highest BCUT2D eigenvalue weighted by Crippen LogP contribution is 2.26. The smallest absolute Gasteiger partial charge is 0.406 e. The van der Waals surface area contributed by atoms with Gasteiger partial charge in [-0.2, -0.15) is 0 Å². The van der Waals surface area contributed by atoms with Gasteiger partial charge in [-0.25, -0.2) is 4.39 Å². The van der Waals surface area contributed by atoms with E-state index in [0.29, 0.717) is 11.3 Å². The van der Waals surface area contributed by atoms with Gasteiger partial charge in [0, 0.05) is 6.04 Å². The summed E-state index contributed by atoms with van der Waals surface area (Å²) >= 11 is 0. The molecule has 0 bridgehead atoms. The van der Waals surface area contributed by atoms with Crippen LogP contribution in [0.1, 0.15) is 18.5 Å². The third kappa shape index (κ3) is 4.37. The Kier molecular flexibility index (Phi) is 4.35. The Morgan fingerprint density at radius 1 is 1.00 bits per heavy atom. The van der Waals surface area contributed by atoms with Crippen molar-refractivity contribution in [3.63, 3.8) is 0 Å². The third-order valence-corrected chi connectivity index (χ3v) is 2.86. The molecule has 1 unspecified atom stereocenters. The normalized spacial score (nSPS) is 12.8. The number of anilines is 1. The van der Waals surface area contributed by atoms with E-state index in [4.69, 9.17) is 0 Å². The van der Waals surface area contributed by atoms with Crippen molar-refractivity contribution in [2.75, 3.05) is 5.32 Å². The average molecular weight is 299 g/mol. The van der Waals surface area contributed by atoms with E-state index in [1.807, 2.05) is 0 Å². The quantitative estimate of drug-likeness (QED) is 0.811. The number of para-hydroxylation sites is 1. The molecule has 0 radical (unpaired) electrons. The van der Waals surface area contributed by atoms with Crippen LogP contribution >= 0.6 is 0 Å². The highest BCUT2D eigenvalue weighted by molar-refractivity contribution is 5.46. The summed E-state index contributed by atoms with van der Waals surface area (Å²) in [6.45, 7) is 1.78. The number of rotatable bonds is 4. The largest absolute Gasteiger partial charge is 0.573 e. The second kappa shape index (κ2) is 6.03. The molecule has 0 aliphatic heterocycles. The van der Waals surface area contributed by atoms with Gasteiger partial charge in [-0.15, -0.1) is 13.2 Å². The second-order valence-corrected chi connectivity index (χ2v) is 4.46. The molecular weight excluding hydrogens is 286 g/mol. The fraction of sp³-hybridized carbons (Fsp3) is 0.200. The molecule has 0 heterocycles. The Bertz CT molecular complexity index is 595. The van der Waals surface area contributed by atoms with Gasteiger partial charge in [0.25, 0.3) is 0 Å². The molecule has 1 atom stereocenters. The van der Waals surface area contributed by atoms with E-state index in [2.05, 4.69) is 10.1 Å². The summed E-state index contributed by atoms with van der Waals surface area (Å²) in [4.78, 5) is 0. The number of nitrogens with one attached hydrogen (secondary N) is 1. The molecule has 0 spiro atoms. The fourth-order valence-corrected chi connectivity index (χ4v) is 1.85. The van der Waals surface area contributed by atoms with Crippen molar-refractivity contribution >= 4 is 5.69 Å². The highest BCUT2D eigenvalue weighted by atomic mass is 19.4. The third-order valence-electron chi connectivity index (χ3n) is 2.86. The van der Waals surface area contributed by atoms with E-state index in [0.717, 1.165) is 0 Å². The van der Waals surface area contributed by atoms with Gasteiger partial charge < -0.3 is 10.1 Å². The standard InChI is InChI=1S/C15H13F4NO/c1-10(20-14-5-3-2-4-13(14)16)11-6-8-12(9-7-11)21-15(17,18)19/h2-10,20H,1H3. The lowest BCUT2D eigenvalue weighted by molar-refractivity contribution is -0.274. The molecule has 1 N–H and O–H groups in total. The Hall–Kier alpha value is -2.24. The molecule has 112 valence electrons. The van der Waals surface area contributed by atoms with Gasteiger partial charge in [0.15, 0.2) is 0 Å². The van der Waals surface area contributed by atoms with Gasteiger partial charge in [0.1, 0.15) is 11.6 Å². The zero-order chi connectivity index (χ0) is 15.5. The lowest BCUT2D eigenvalue weighted by Crippen LogP contribution is -2.17. The fourth-order valence-electron chi connectivity index (χ4n) is 1.85. The molecule has 0 aromatic heterocycles. The molecule has 2 rings (SSSR count). The first-order valence-corrected chi connectivity index (χ1v) is 6.22. The summed E-state index contributed by atoms with van der Waals surface area (Å²) in [6.07, 6.45) is -4.71. The van der Waals surface area contributed by atoms with Crippen LogP contribution in [0.3, 0.4) is 0 Å². The van der Waals surface area contributed by atoms with Crippen LogP contribution in [0.5, 0.6) is 5.75 Å². The summed E-state index contributed by atoms with van der Waals surface area (Å²) in [7, 11) is 0. The van der Waals surface area contributed by atoms with E-state index in [1.165, 1.54) is 30.3 Å². The van der Waals surface area contributed by atoms with E-state index in [-0.39, 0.29) is 17.6 Å². The number of benzene rings is 2. The van der Waals surface area contributed by atoms with Crippen molar-refractivity contribution in [3.05, 3.63) is 59.9 Å². The Morgan fingerprint density at radius 3 is 2.19 bits per heavy atom. The van der Waals surface area contributed by atoms with Crippen LogP contribution in [-0.2, 0) is 0 Å². The molecule has 0 aliphatic carbocycles. The zero-order valence-electron chi connectivity index (χ0n) is 11.1. The van der Waals surface area contributed by atoms with Crippen molar-refractivity contribution < 1.29 is 22.3 Å². The molecule has 0 fully saturated rings.